The first-order valence-corrected chi connectivity index (χ1v) is 13.2. The summed E-state index contributed by atoms with van der Waals surface area (Å²) in [5, 5.41) is 0.157. The van der Waals surface area contributed by atoms with E-state index >= 15 is 0 Å². The fourth-order valence-electron chi connectivity index (χ4n) is 3.30. The Morgan fingerprint density at radius 1 is 1.36 bits per heavy atom. The Balaban J connectivity index is 2.60. The van der Waals surface area contributed by atoms with Gasteiger partial charge in [-0.25, -0.2) is 0 Å². The van der Waals surface area contributed by atoms with Crippen molar-refractivity contribution in [2.24, 2.45) is 5.41 Å². The van der Waals surface area contributed by atoms with E-state index in [-0.39, 0.29) is 16.6 Å². The number of carbonyl (C=O) groups is 1. The van der Waals surface area contributed by atoms with Crippen molar-refractivity contribution in [3.63, 3.8) is 0 Å². The lowest BCUT2D eigenvalue weighted by Gasteiger charge is -2.44. The van der Waals surface area contributed by atoms with Crippen molar-refractivity contribution in [3.8, 4) is 0 Å². The summed E-state index contributed by atoms with van der Waals surface area (Å²) in [6.07, 6.45) is 3.71. The first-order valence-electron chi connectivity index (χ1n) is 9.17. The maximum Gasteiger partial charge on any atom is 0.192 e. The number of aryl methyl sites for hydroxylation is 1. The third kappa shape index (κ3) is 4.19. The summed E-state index contributed by atoms with van der Waals surface area (Å²) in [6.45, 7) is 18.1. The molecule has 0 aliphatic heterocycles. The van der Waals surface area contributed by atoms with Crippen LogP contribution in [0.2, 0.25) is 18.1 Å². The van der Waals surface area contributed by atoms with E-state index in [9.17, 15) is 4.79 Å². The average Bonchev–Trinajstić information content (AvgIpc) is 2.43. The molecular weight excluding hydrogens is 441 g/mol. The number of rotatable bonds is 4. The van der Waals surface area contributed by atoms with Crippen LogP contribution in [0.1, 0.15) is 81.4 Å². The fourth-order valence-corrected chi connectivity index (χ4v) is 5.66. The molecule has 0 spiro atoms. The van der Waals surface area contributed by atoms with Crippen LogP contribution >= 0.6 is 22.6 Å². The number of pyridine rings is 1. The molecule has 1 aromatic heterocycles. The van der Waals surface area contributed by atoms with E-state index in [1.807, 2.05) is 0 Å². The third-order valence-electron chi connectivity index (χ3n) is 5.77. The summed E-state index contributed by atoms with van der Waals surface area (Å²) in [5.41, 5.74) is 4.13. The summed E-state index contributed by atoms with van der Waals surface area (Å²) < 4.78 is 7.89. The molecule has 0 unspecified atom stereocenters. The van der Waals surface area contributed by atoms with Gasteiger partial charge in [-0.1, -0.05) is 41.5 Å². The van der Waals surface area contributed by atoms with Gasteiger partial charge in [0.15, 0.2) is 14.6 Å². The van der Waals surface area contributed by atoms with E-state index in [4.69, 9.17) is 9.41 Å². The molecule has 1 aliphatic carbocycles. The monoisotopic (exact) mass is 473 g/mol. The highest BCUT2D eigenvalue weighted by Crippen LogP contribution is 2.48. The zero-order valence-electron chi connectivity index (χ0n) is 16.9. The molecule has 0 amide bonds. The second-order valence-corrected chi connectivity index (χ2v) is 15.4. The van der Waals surface area contributed by atoms with Gasteiger partial charge in [0.05, 0.1) is 11.8 Å². The van der Waals surface area contributed by atoms with E-state index < -0.39 is 8.32 Å². The molecule has 1 heterocycles. The lowest BCUT2D eigenvalue weighted by Crippen LogP contribution is -2.44. The second kappa shape index (κ2) is 7.04. The molecule has 0 saturated heterocycles. The van der Waals surface area contributed by atoms with Gasteiger partial charge >= 0.3 is 0 Å². The SMILES string of the molecule is CCc1nc2c(c(I)c1C=O)[C@@H](O[Si](C)(C)C(C)(C)C)CC(C)(C)C2. The topological polar surface area (TPSA) is 39.2 Å². The zero-order chi connectivity index (χ0) is 19.2. The normalized spacial score (nSPS) is 20.3. The average molecular weight is 473 g/mol. The van der Waals surface area contributed by atoms with Gasteiger partial charge in [-0.3, -0.25) is 9.78 Å². The van der Waals surface area contributed by atoms with E-state index in [1.54, 1.807) is 0 Å². The Bertz CT molecular complexity index is 677. The molecule has 140 valence electrons. The Kier molecular flexibility index (Phi) is 5.92. The van der Waals surface area contributed by atoms with Gasteiger partial charge in [0.1, 0.15) is 0 Å². The Labute approximate surface area is 167 Å². The highest BCUT2D eigenvalue weighted by atomic mass is 127. The summed E-state index contributed by atoms with van der Waals surface area (Å²) in [5.74, 6) is 0. The molecule has 2 rings (SSSR count). The smallest absolute Gasteiger partial charge is 0.192 e. The van der Waals surface area contributed by atoms with Crippen molar-refractivity contribution < 1.29 is 9.22 Å². The summed E-state index contributed by atoms with van der Waals surface area (Å²) >= 11 is 2.34. The van der Waals surface area contributed by atoms with E-state index in [1.165, 1.54) is 5.56 Å². The van der Waals surface area contributed by atoms with Gasteiger partial charge in [-0.15, -0.1) is 0 Å². The summed E-state index contributed by atoms with van der Waals surface area (Å²) in [6, 6.07) is 0. The van der Waals surface area contributed by atoms with Gasteiger partial charge in [0, 0.05) is 20.4 Å². The number of aldehydes is 1. The molecular formula is C20H32INO2Si. The number of hydrogen-bond acceptors (Lipinski definition) is 3. The number of aromatic nitrogens is 1. The van der Waals surface area contributed by atoms with Crippen LogP contribution in [-0.4, -0.2) is 19.6 Å². The molecule has 0 radical (unpaired) electrons. The van der Waals surface area contributed by atoms with E-state index in [0.29, 0.717) is 0 Å². The third-order valence-corrected chi connectivity index (χ3v) is 11.4. The number of carbonyl (C=O) groups excluding carboxylic acids is 1. The first kappa shape index (κ1) is 21.0. The molecule has 0 bridgehead atoms. The summed E-state index contributed by atoms with van der Waals surface area (Å²) in [4.78, 5) is 16.6. The molecule has 3 nitrogen and oxygen atoms in total. The van der Waals surface area contributed by atoms with Crippen LogP contribution in [0, 0.1) is 8.99 Å². The van der Waals surface area contributed by atoms with E-state index in [2.05, 4.69) is 77.2 Å². The highest BCUT2D eigenvalue weighted by molar-refractivity contribution is 14.1. The van der Waals surface area contributed by atoms with Crippen molar-refractivity contribution in [3.05, 3.63) is 26.1 Å². The minimum Gasteiger partial charge on any atom is -0.410 e. The van der Waals surface area contributed by atoms with Crippen LogP contribution in [0.4, 0.5) is 0 Å². The maximum atomic E-state index is 11.7. The molecule has 1 atom stereocenters. The quantitative estimate of drug-likeness (QED) is 0.302. The number of nitrogens with zero attached hydrogens (tertiary/aromatic N) is 1. The second-order valence-electron chi connectivity index (χ2n) is 9.53. The predicted octanol–water partition coefficient (Wildman–Crippen LogP) is 6.10. The fraction of sp³-hybridized carbons (Fsp3) is 0.700. The van der Waals surface area contributed by atoms with Crippen LogP contribution in [-0.2, 0) is 17.3 Å². The van der Waals surface area contributed by atoms with Gasteiger partial charge in [0.2, 0.25) is 0 Å². The Hall–Kier alpha value is -0.273. The Morgan fingerprint density at radius 3 is 2.44 bits per heavy atom. The molecule has 1 aromatic rings. The molecule has 0 N–H and O–H groups in total. The van der Waals surface area contributed by atoms with Crippen LogP contribution < -0.4 is 0 Å². The lowest BCUT2D eigenvalue weighted by atomic mass is 9.74. The van der Waals surface area contributed by atoms with Gasteiger partial charge in [0.25, 0.3) is 0 Å². The highest BCUT2D eigenvalue weighted by Gasteiger charge is 2.44. The first-order chi connectivity index (χ1) is 11.3. The maximum absolute atomic E-state index is 11.7. The predicted molar refractivity (Wildman–Crippen MR) is 115 cm³/mol. The van der Waals surface area contributed by atoms with Crippen LogP contribution in [0.15, 0.2) is 0 Å². The van der Waals surface area contributed by atoms with Gasteiger partial charge in [-0.05, 0) is 65.4 Å². The Morgan fingerprint density at radius 2 is 1.96 bits per heavy atom. The molecule has 1 aliphatic rings. The van der Waals surface area contributed by atoms with Crippen molar-refractivity contribution in [2.75, 3.05) is 0 Å². The molecule has 25 heavy (non-hydrogen) atoms. The molecule has 0 fully saturated rings. The van der Waals surface area contributed by atoms with Crippen molar-refractivity contribution >= 4 is 37.2 Å². The van der Waals surface area contributed by atoms with Crippen molar-refractivity contribution in [1.29, 1.82) is 0 Å². The number of halogens is 1. The molecule has 0 saturated carbocycles. The minimum absolute atomic E-state index is 0.0312. The number of hydrogen-bond donors (Lipinski definition) is 0. The lowest BCUT2D eigenvalue weighted by molar-refractivity contribution is 0.104. The minimum atomic E-state index is -1.92. The van der Waals surface area contributed by atoms with Crippen LogP contribution in [0.25, 0.3) is 0 Å². The van der Waals surface area contributed by atoms with Crippen molar-refractivity contribution in [2.45, 2.75) is 85.0 Å². The standard InChI is InChI=1S/C20H32INO2Si/c1-9-14-13(12-23)18(21)17-15(22-14)10-20(5,6)11-16(17)24-25(7,8)19(2,3)4/h12,16H,9-11H2,1-8H3/t16-/m0/s1. The zero-order valence-corrected chi connectivity index (χ0v) is 20.1. The number of fused-ring (bicyclic) bond motifs is 1. The van der Waals surface area contributed by atoms with Crippen LogP contribution in [0.5, 0.6) is 0 Å². The van der Waals surface area contributed by atoms with Gasteiger partial charge < -0.3 is 4.43 Å². The van der Waals surface area contributed by atoms with Crippen LogP contribution in [0.3, 0.4) is 0 Å². The van der Waals surface area contributed by atoms with E-state index in [0.717, 1.165) is 46.1 Å². The van der Waals surface area contributed by atoms with Crippen molar-refractivity contribution in [1.82, 2.24) is 4.98 Å². The molecule has 5 heteroatoms. The molecule has 0 aromatic carbocycles. The van der Waals surface area contributed by atoms with Gasteiger partial charge in [-0.2, -0.15) is 0 Å². The summed E-state index contributed by atoms with van der Waals surface area (Å²) in [7, 11) is -1.92. The largest absolute Gasteiger partial charge is 0.410 e.